The number of nitrogens with zero attached hydrogens (tertiary/aromatic N) is 1. The minimum absolute atomic E-state index is 0.116. The molecule has 0 atom stereocenters. The summed E-state index contributed by atoms with van der Waals surface area (Å²) in [6.07, 6.45) is -4.23. The van der Waals surface area contributed by atoms with Crippen LogP contribution in [0.1, 0.15) is 19.4 Å². The van der Waals surface area contributed by atoms with Crippen molar-refractivity contribution in [2.24, 2.45) is 0 Å². The Labute approximate surface area is 186 Å². The Kier molecular flexibility index (Phi) is 7.71. The summed E-state index contributed by atoms with van der Waals surface area (Å²) in [5, 5.41) is 2.80. The second-order valence-corrected chi connectivity index (χ2v) is 10.9. The average Bonchev–Trinajstić information content (AvgIpc) is 2.66. The number of hydrogen-bond donors (Lipinski definition) is 1. The predicted octanol–water partition coefficient (Wildman–Crippen LogP) is 4.87. The van der Waals surface area contributed by atoms with Crippen molar-refractivity contribution in [1.29, 1.82) is 0 Å². The molecule has 0 radical (unpaired) electrons. The number of alkyl halides is 3. The molecule has 0 bridgehead atoms. The molecule has 1 aromatic heterocycles. The number of benzene rings is 1. The van der Waals surface area contributed by atoms with E-state index < -0.39 is 37.3 Å². The number of halogens is 5. The number of thioether (sulfide) groups is 1. The summed E-state index contributed by atoms with van der Waals surface area (Å²) < 4.78 is 61.5. The number of rotatable bonds is 7. The average molecular weight is 501 g/mol. The molecule has 0 aliphatic carbocycles. The Morgan fingerprint density at radius 1 is 1.13 bits per heavy atom. The van der Waals surface area contributed by atoms with Crippen LogP contribution in [0.15, 0.2) is 46.5 Å². The van der Waals surface area contributed by atoms with Crippen LogP contribution in [0, 0.1) is 0 Å². The topological polar surface area (TPSA) is 76.1 Å². The first-order valence-corrected chi connectivity index (χ1v) is 11.6. The molecule has 30 heavy (non-hydrogen) atoms. The van der Waals surface area contributed by atoms with Crippen molar-refractivity contribution in [2.75, 3.05) is 12.3 Å². The van der Waals surface area contributed by atoms with Crippen LogP contribution in [0.5, 0.6) is 0 Å². The molecule has 5 nitrogen and oxygen atoms in total. The van der Waals surface area contributed by atoms with E-state index in [0.717, 1.165) is 19.9 Å². The van der Waals surface area contributed by atoms with Gasteiger partial charge in [0.2, 0.25) is 15.7 Å². The van der Waals surface area contributed by atoms with Crippen LogP contribution >= 0.6 is 35.0 Å². The van der Waals surface area contributed by atoms with E-state index in [9.17, 15) is 26.4 Å². The lowest BCUT2D eigenvalue weighted by molar-refractivity contribution is -0.137. The van der Waals surface area contributed by atoms with E-state index in [2.05, 4.69) is 10.3 Å². The summed E-state index contributed by atoms with van der Waals surface area (Å²) in [6, 6.07) is 6.38. The molecule has 1 heterocycles. The van der Waals surface area contributed by atoms with Crippen molar-refractivity contribution < 1.29 is 26.4 Å². The van der Waals surface area contributed by atoms with Crippen molar-refractivity contribution in [3.8, 4) is 0 Å². The lowest BCUT2D eigenvalue weighted by Crippen LogP contribution is -2.48. The zero-order chi connectivity index (χ0) is 22.7. The van der Waals surface area contributed by atoms with Crippen molar-refractivity contribution in [3.63, 3.8) is 0 Å². The number of carbonyl (C=O) groups is 1. The Balaban J connectivity index is 2.05. The van der Waals surface area contributed by atoms with Crippen molar-refractivity contribution in [1.82, 2.24) is 10.3 Å². The number of amides is 1. The third-order valence-electron chi connectivity index (χ3n) is 4.11. The largest absolute Gasteiger partial charge is 0.417 e. The van der Waals surface area contributed by atoms with Crippen LogP contribution in [0.25, 0.3) is 0 Å². The highest BCUT2D eigenvalue weighted by molar-refractivity contribution is 7.99. The van der Waals surface area contributed by atoms with Crippen LogP contribution in [0.2, 0.25) is 10.0 Å². The number of aromatic nitrogens is 1. The number of carbonyl (C=O) groups excluding carboxylic acids is 1. The summed E-state index contributed by atoms with van der Waals surface area (Å²) in [4.78, 5) is 16.5. The molecule has 0 aliphatic rings. The third-order valence-corrected chi connectivity index (χ3v) is 8.42. The van der Waals surface area contributed by atoms with E-state index in [1.807, 2.05) is 0 Å². The van der Waals surface area contributed by atoms with E-state index in [1.54, 1.807) is 18.2 Å². The first-order chi connectivity index (χ1) is 13.8. The minimum Gasteiger partial charge on any atom is -0.354 e. The summed E-state index contributed by atoms with van der Waals surface area (Å²) in [5.41, 5.74) is -1.08. The molecule has 164 valence electrons. The maximum absolute atomic E-state index is 12.8. The molecule has 0 spiro atoms. The maximum Gasteiger partial charge on any atom is 0.417 e. The fourth-order valence-corrected chi connectivity index (χ4v) is 5.06. The second kappa shape index (κ2) is 9.33. The van der Waals surface area contributed by atoms with E-state index in [-0.39, 0.29) is 6.54 Å². The number of hydrogen-bond acceptors (Lipinski definition) is 5. The number of pyridine rings is 1. The summed E-state index contributed by atoms with van der Waals surface area (Å²) in [7, 11) is -4.34. The number of nitrogens with one attached hydrogen (secondary N) is 1. The SMILES string of the molecule is CC(C)(C(=O)NCCSc1c(Cl)cccc1Cl)S(=O)(=O)c1ccc(C(F)(F)F)cn1. The molecule has 0 unspecified atom stereocenters. The standard InChI is InChI=1S/C18H17Cl2F3N2O3S2/c1-17(2,30(27,28)14-7-6-11(10-25-14)18(21,22)23)16(26)24-8-9-29-15-12(19)4-3-5-13(15)20/h3-7,10H,8-9H2,1-2H3,(H,24,26). The van der Waals surface area contributed by atoms with Crippen molar-refractivity contribution >= 4 is 50.7 Å². The Morgan fingerprint density at radius 3 is 2.23 bits per heavy atom. The molecule has 0 saturated heterocycles. The normalized spacial score (nSPS) is 12.6. The molecule has 0 saturated carbocycles. The lowest BCUT2D eigenvalue weighted by Gasteiger charge is -2.23. The van der Waals surface area contributed by atoms with Crippen LogP contribution in [-0.2, 0) is 20.8 Å². The van der Waals surface area contributed by atoms with Gasteiger partial charge in [0.25, 0.3) is 0 Å². The predicted molar refractivity (Wildman–Crippen MR) is 111 cm³/mol. The summed E-state index contributed by atoms with van der Waals surface area (Å²) in [5.74, 6) is -0.445. The van der Waals surface area contributed by atoms with E-state index >= 15 is 0 Å². The van der Waals surface area contributed by atoms with Gasteiger partial charge >= 0.3 is 6.18 Å². The number of sulfone groups is 1. The Hall–Kier alpha value is -1.49. The first-order valence-electron chi connectivity index (χ1n) is 8.41. The quantitative estimate of drug-likeness (QED) is 0.433. The molecule has 0 fully saturated rings. The zero-order valence-electron chi connectivity index (χ0n) is 15.8. The molecule has 1 aromatic carbocycles. The van der Waals surface area contributed by atoms with Gasteiger partial charge in [-0.2, -0.15) is 13.2 Å². The molecule has 0 aliphatic heterocycles. The molecule has 1 amide bonds. The molecular weight excluding hydrogens is 484 g/mol. The molecule has 2 rings (SSSR count). The van der Waals surface area contributed by atoms with Gasteiger partial charge in [-0.05, 0) is 38.1 Å². The summed E-state index contributed by atoms with van der Waals surface area (Å²) in [6.45, 7) is 2.44. The van der Waals surface area contributed by atoms with Gasteiger partial charge in [0.05, 0.1) is 15.6 Å². The molecule has 2 aromatic rings. The molecular formula is C18H17Cl2F3N2O3S2. The molecule has 1 N–H and O–H groups in total. The highest BCUT2D eigenvalue weighted by Crippen LogP contribution is 2.34. The van der Waals surface area contributed by atoms with Gasteiger partial charge < -0.3 is 5.32 Å². The fraction of sp³-hybridized carbons (Fsp3) is 0.333. The Bertz CT molecular complexity index is 1010. The Morgan fingerprint density at radius 2 is 1.73 bits per heavy atom. The maximum atomic E-state index is 12.8. The highest BCUT2D eigenvalue weighted by Gasteiger charge is 2.44. The van der Waals surface area contributed by atoms with Crippen LogP contribution in [0.4, 0.5) is 13.2 Å². The van der Waals surface area contributed by atoms with E-state index in [0.29, 0.717) is 33.0 Å². The van der Waals surface area contributed by atoms with Gasteiger partial charge in [0.15, 0.2) is 9.77 Å². The highest BCUT2D eigenvalue weighted by atomic mass is 35.5. The van der Waals surface area contributed by atoms with Gasteiger partial charge in [-0.3, -0.25) is 4.79 Å². The zero-order valence-corrected chi connectivity index (χ0v) is 18.9. The monoisotopic (exact) mass is 500 g/mol. The summed E-state index contributed by atoms with van der Waals surface area (Å²) >= 11 is 13.4. The first kappa shape index (κ1) is 24.8. The van der Waals surface area contributed by atoms with Gasteiger partial charge in [0.1, 0.15) is 0 Å². The fourth-order valence-electron chi connectivity index (χ4n) is 2.24. The smallest absolute Gasteiger partial charge is 0.354 e. The lowest BCUT2D eigenvalue weighted by atomic mass is 10.2. The van der Waals surface area contributed by atoms with Gasteiger partial charge in [-0.1, -0.05) is 29.3 Å². The van der Waals surface area contributed by atoms with Crippen molar-refractivity contribution in [3.05, 3.63) is 52.1 Å². The molecule has 12 heteroatoms. The van der Waals surface area contributed by atoms with E-state index in [4.69, 9.17) is 23.2 Å². The second-order valence-electron chi connectivity index (χ2n) is 6.55. The third kappa shape index (κ3) is 5.40. The van der Waals surface area contributed by atoms with Crippen LogP contribution in [-0.4, -0.2) is 36.4 Å². The minimum atomic E-state index is -4.65. The van der Waals surface area contributed by atoms with E-state index in [1.165, 1.54) is 11.8 Å². The van der Waals surface area contributed by atoms with Crippen LogP contribution < -0.4 is 5.32 Å². The van der Waals surface area contributed by atoms with Crippen LogP contribution in [0.3, 0.4) is 0 Å². The van der Waals surface area contributed by atoms with Gasteiger partial charge in [-0.15, -0.1) is 11.8 Å². The van der Waals surface area contributed by atoms with Gasteiger partial charge in [0, 0.05) is 23.4 Å². The van der Waals surface area contributed by atoms with Crippen molar-refractivity contribution in [2.45, 2.75) is 34.7 Å². The van der Waals surface area contributed by atoms with Gasteiger partial charge in [-0.25, -0.2) is 13.4 Å².